The molecule has 5 heteroatoms. The molecule has 0 radical (unpaired) electrons. The van der Waals surface area contributed by atoms with Gasteiger partial charge in [0.2, 0.25) is 0 Å². The highest BCUT2D eigenvalue weighted by Gasteiger charge is 2.07. The minimum atomic E-state index is -0.161. The molecule has 2 aromatic heterocycles. The summed E-state index contributed by atoms with van der Waals surface area (Å²) in [4.78, 5) is 19.3. The van der Waals surface area contributed by atoms with E-state index in [9.17, 15) is 4.79 Å². The van der Waals surface area contributed by atoms with Crippen LogP contribution in [0.15, 0.2) is 57.7 Å². The smallest absolute Gasteiger partial charge is 0.259 e. The van der Waals surface area contributed by atoms with Crippen molar-refractivity contribution in [3.05, 3.63) is 70.5 Å². The molecular weight excluding hydrogens is 304 g/mol. The Kier molecular flexibility index (Phi) is 3.39. The molecule has 2 heterocycles. The number of ether oxygens (including phenoxy) is 1. The summed E-state index contributed by atoms with van der Waals surface area (Å²) < 4.78 is 11.1. The standard InChI is InChI=1S/C19H14N2O3/c1-23-16-8-4-5-12-11-13(24-18(12)16)9-10-17-20-15-7-3-2-6-14(15)19(22)21-17/h2-11H,1H3,(H,20,21,22). The van der Waals surface area contributed by atoms with Crippen LogP contribution in [-0.2, 0) is 0 Å². The molecule has 118 valence electrons. The lowest BCUT2D eigenvalue weighted by molar-refractivity contribution is 0.410. The minimum absolute atomic E-state index is 0.161. The number of aromatic nitrogens is 2. The van der Waals surface area contributed by atoms with Gasteiger partial charge in [0.1, 0.15) is 11.6 Å². The van der Waals surface area contributed by atoms with E-state index in [-0.39, 0.29) is 5.56 Å². The zero-order chi connectivity index (χ0) is 16.5. The van der Waals surface area contributed by atoms with Gasteiger partial charge in [-0.2, -0.15) is 0 Å². The van der Waals surface area contributed by atoms with Gasteiger partial charge in [0, 0.05) is 5.39 Å². The van der Waals surface area contributed by atoms with Crippen LogP contribution < -0.4 is 10.3 Å². The molecule has 0 spiro atoms. The number of H-pyrrole nitrogens is 1. The monoisotopic (exact) mass is 318 g/mol. The number of methoxy groups -OCH3 is 1. The maximum absolute atomic E-state index is 12.1. The van der Waals surface area contributed by atoms with Crippen molar-refractivity contribution in [3.63, 3.8) is 0 Å². The maximum Gasteiger partial charge on any atom is 0.259 e. The van der Waals surface area contributed by atoms with Crippen molar-refractivity contribution < 1.29 is 9.15 Å². The van der Waals surface area contributed by atoms with Crippen LogP contribution in [0, 0.1) is 0 Å². The van der Waals surface area contributed by atoms with Gasteiger partial charge in [-0.15, -0.1) is 0 Å². The summed E-state index contributed by atoms with van der Waals surface area (Å²) in [5, 5.41) is 1.53. The van der Waals surface area contributed by atoms with E-state index < -0.39 is 0 Å². The molecule has 0 aliphatic carbocycles. The van der Waals surface area contributed by atoms with Crippen LogP contribution in [0.1, 0.15) is 11.6 Å². The van der Waals surface area contributed by atoms with Crippen LogP contribution in [0.2, 0.25) is 0 Å². The first kappa shape index (κ1) is 14.3. The lowest BCUT2D eigenvalue weighted by Gasteiger charge is -1.98. The number of benzene rings is 2. The van der Waals surface area contributed by atoms with Gasteiger partial charge in [0.15, 0.2) is 11.3 Å². The molecule has 0 fully saturated rings. The van der Waals surface area contributed by atoms with Crippen LogP contribution in [0.5, 0.6) is 5.75 Å². The number of nitrogens with one attached hydrogen (secondary N) is 1. The summed E-state index contributed by atoms with van der Waals surface area (Å²) in [5.41, 5.74) is 1.19. The van der Waals surface area contributed by atoms with Gasteiger partial charge in [0.05, 0.1) is 18.0 Å². The molecule has 0 aliphatic rings. The van der Waals surface area contributed by atoms with Crippen molar-refractivity contribution >= 4 is 34.0 Å². The third kappa shape index (κ3) is 2.46. The molecule has 4 rings (SSSR count). The summed E-state index contributed by atoms with van der Waals surface area (Å²) in [6.07, 6.45) is 3.49. The molecule has 1 N–H and O–H groups in total. The Labute approximate surface area is 137 Å². The molecule has 0 atom stereocenters. The first-order chi connectivity index (χ1) is 11.7. The third-order valence-corrected chi connectivity index (χ3v) is 3.78. The van der Waals surface area contributed by atoms with E-state index in [0.717, 1.165) is 5.39 Å². The molecule has 24 heavy (non-hydrogen) atoms. The van der Waals surface area contributed by atoms with Crippen molar-refractivity contribution in [1.29, 1.82) is 0 Å². The number of furan rings is 1. The number of hydrogen-bond donors (Lipinski definition) is 1. The highest BCUT2D eigenvalue weighted by atomic mass is 16.5. The van der Waals surface area contributed by atoms with Gasteiger partial charge in [-0.25, -0.2) is 4.98 Å². The zero-order valence-electron chi connectivity index (χ0n) is 12.9. The molecule has 0 unspecified atom stereocenters. The quantitative estimate of drug-likeness (QED) is 0.623. The number of nitrogens with zero attached hydrogens (tertiary/aromatic N) is 1. The Morgan fingerprint density at radius 2 is 2.00 bits per heavy atom. The van der Waals surface area contributed by atoms with Gasteiger partial charge >= 0.3 is 0 Å². The SMILES string of the molecule is COc1cccc2cc(C=Cc3nc4ccccc4c(=O)[nH]3)oc12. The lowest BCUT2D eigenvalue weighted by Crippen LogP contribution is -2.09. The van der Waals surface area contributed by atoms with E-state index in [4.69, 9.17) is 9.15 Å². The summed E-state index contributed by atoms with van der Waals surface area (Å²) in [6.45, 7) is 0. The molecule has 0 amide bonds. The molecule has 0 aliphatic heterocycles. The molecule has 5 nitrogen and oxygen atoms in total. The molecule has 4 aromatic rings. The van der Waals surface area contributed by atoms with E-state index >= 15 is 0 Å². The van der Waals surface area contributed by atoms with Gasteiger partial charge < -0.3 is 14.1 Å². The Balaban J connectivity index is 1.74. The number of fused-ring (bicyclic) bond motifs is 2. The Morgan fingerprint density at radius 1 is 1.12 bits per heavy atom. The number of aromatic amines is 1. The number of para-hydroxylation sites is 2. The summed E-state index contributed by atoms with van der Waals surface area (Å²) >= 11 is 0. The number of hydrogen-bond acceptors (Lipinski definition) is 4. The van der Waals surface area contributed by atoms with Crippen LogP contribution in [0.25, 0.3) is 34.0 Å². The van der Waals surface area contributed by atoms with Crippen LogP contribution in [0.3, 0.4) is 0 Å². The van der Waals surface area contributed by atoms with Gasteiger partial charge in [-0.3, -0.25) is 4.79 Å². The van der Waals surface area contributed by atoms with E-state index in [1.54, 1.807) is 25.3 Å². The normalized spacial score (nSPS) is 11.5. The Hall–Kier alpha value is -3.34. The summed E-state index contributed by atoms with van der Waals surface area (Å²) in [7, 11) is 1.61. The van der Waals surface area contributed by atoms with Gasteiger partial charge in [-0.1, -0.05) is 24.3 Å². The van der Waals surface area contributed by atoms with Crippen LogP contribution >= 0.6 is 0 Å². The fraction of sp³-hybridized carbons (Fsp3) is 0.0526. The average molecular weight is 318 g/mol. The maximum atomic E-state index is 12.1. The first-order valence-electron chi connectivity index (χ1n) is 7.48. The van der Waals surface area contributed by atoms with E-state index in [1.807, 2.05) is 42.5 Å². The Morgan fingerprint density at radius 3 is 2.88 bits per heavy atom. The summed E-state index contributed by atoms with van der Waals surface area (Å²) in [5.74, 6) is 1.82. The van der Waals surface area contributed by atoms with Crippen molar-refractivity contribution in [2.24, 2.45) is 0 Å². The van der Waals surface area contributed by atoms with Gasteiger partial charge in [-0.05, 0) is 36.4 Å². The van der Waals surface area contributed by atoms with Gasteiger partial charge in [0.25, 0.3) is 5.56 Å². The topological polar surface area (TPSA) is 68.1 Å². The highest BCUT2D eigenvalue weighted by molar-refractivity contribution is 5.86. The molecule has 0 saturated carbocycles. The second kappa shape index (κ2) is 5.70. The molecule has 2 aromatic carbocycles. The minimum Gasteiger partial charge on any atom is -0.493 e. The predicted octanol–water partition coefficient (Wildman–Crippen LogP) is 3.85. The second-order valence-electron chi connectivity index (χ2n) is 5.33. The van der Waals surface area contributed by atoms with E-state index in [1.165, 1.54) is 0 Å². The zero-order valence-corrected chi connectivity index (χ0v) is 12.9. The largest absolute Gasteiger partial charge is 0.493 e. The fourth-order valence-electron chi connectivity index (χ4n) is 2.64. The van der Waals surface area contributed by atoms with Crippen molar-refractivity contribution in [3.8, 4) is 5.75 Å². The van der Waals surface area contributed by atoms with Crippen molar-refractivity contribution in [2.75, 3.05) is 7.11 Å². The summed E-state index contributed by atoms with van der Waals surface area (Å²) in [6, 6.07) is 14.9. The average Bonchev–Trinajstić information content (AvgIpc) is 3.03. The number of rotatable bonds is 3. The van der Waals surface area contributed by atoms with E-state index in [0.29, 0.717) is 33.8 Å². The third-order valence-electron chi connectivity index (χ3n) is 3.78. The van der Waals surface area contributed by atoms with Crippen LogP contribution in [0.4, 0.5) is 0 Å². The molecular formula is C19H14N2O3. The molecule has 0 saturated heterocycles. The first-order valence-corrected chi connectivity index (χ1v) is 7.48. The second-order valence-corrected chi connectivity index (χ2v) is 5.33. The van der Waals surface area contributed by atoms with E-state index in [2.05, 4.69) is 9.97 Å². The Bertz CT molecular complexity index is 1120. The fourth-order valence-corrected chi connectivity index (χ4v) is 2.64. The van der Waals surface area contributed by atoms with Crippen molar-refractivity contribution in [2.45, 2.75) is 0 Å². The highest BCUT2D eigenvalue weighted by Crippen LogP contribution is 2.29. The van der Waals surface area contributed by atoms with Crippen molar-refractivity contribution in [1.82, 2.24) is 9.97 Å². The molecule has 0 bridgehead atoms. The predicted molar refractivity (Wildman–Crippen MR) is 94.1 cm³/mol. The lowest BCUT2D eigenvalue weighted by atomic mass is 10.2. The van der Waals surface area contributed by atoms with Crippen LogP contribution in [-0.4, -0.2) is 17.1 Å².